The van der Waals surface area contributed by atoms with E-state index in [1.54, 1.807) is 24.6 Å². The molecule has 0 atom stereocenters. The number of hydrogen-bond acceptors (Lipinski definition) is 7. The van der Waals surface area contributed by atoms with Crippen LogP contribution < -0.4 is 14.8 Å². The van der Waals surface area contributed by atoms with E-state index in [4.69, 9.17) is 9.72 Å². The van der Waals surface area contributed by atoms with Gasteiger partial charge in [0.15, 0.2) is 5.13 Å². The number of carbonyl (C=O) groups excluding carboxylic acids is 1. The highest BCUT2D eigenvalue weighted by Gasteiger charge is 2.20. The lowest BCUT2D eigenvalue weighted by atomic mass is 9.97. The van der Waals surface area contributed by atoms with E-state index in [-0.39, 0.29) is 15.9 Å². The number of benzene rings is 3. The Morgan fingerprint density at radius 3 is 2.38 bits per heavy atom. The summed E-state index contributed by atoms with van der Waals surface area (Å²) in [6.45, 7) is 1.87. The third-order valence-electron chi connectivity index (χ3n) is 5.80. The van der Waals surface area contributed by atoms with Crippen molar-refractivity contribution >= 4 is 49.0 Å². The summed E-state index contributed by atoms with van der Waals surface area (Å²) in [5.41, 5.74) is 3.94. The summed E-state index contributed by atoms with van der Waals surface area (Å²) < 4.78 is 32.9. The zero-order valence-corrected chi connectivity index (χ0v) is 21.6. The molecule has 0 bridgehead atoms. The number of fused-ring (bicyclic) bond motifs is 1. The molecule has 0 saturated carbocycles. The maximum Gasteiger partial charge on any atom is 0.263 e. The first-order chi connectivity index (χ1) is 17.9. The number of thiazole rings is 1. The maximum atomic E-state index is 13.5. The molecule has 3 aromatic carbocycles. The Kier molecular flexibility index (Phi) is 6.60. The predicted octanol–water partition coefficient (Wildman–Crippen LogP) is 5.73. The number of aromatic nitrogens is 2. The lowest BCUT2D eigenvalue weighted by molar-refractivity contribution is 0.102. The maximum absolute atomic E-state index is 13.5. The van der Waals surface area contributed by atoms with E-state index in [0.29, 0.717) is 22.5 Å². The quantitative estimate of drug-likeness (QED) is 0.278. The highest BCUT2D eigenvalue weighted by molar-refractivity contribution is 7.93. The molecule has 0 aliphatic heterocycles. The van der Waals surface area contributed by atoms with Crippen LogP contribution in [0.2, 0.25) is 0 Å². The number of nitrogens with zero attached hydrogens (tertiary/aromatic N) is 2. The van der Waals surface area contributed by atoms with Crippen LogP contribution in [0, 0.1) is 6.92 Å². The normalized spacial score (nSPS) is 11.3. The van der Waals surface area contributed by atoms with Crippen molar-refractivity contribution in [2.75, 3.05) is 17.1 Å². The van der Waals surface area contributed by atoms with Crippen LogP contribution in [0.15, 0.2) is 89.3 Å². The zero-order chi connectivity index (χ0) is 26.0. The van der Waals surface area contributed by atoms with E-state index in [9.17, 15) is 13.2 Å². The predicted molar refractivity (Wildman–Crippen MR) is 146 cm³/mol. The second-order valence-electron chi connectivity index (χ2n) is 8.13. The van der Waals surface area contributed by atoms with Gasteiger partial charge in [-0.3, -0.25) is 9.52 Å². The molecule has 10 heteroatoms. The van der Waals surface area contributed by atoms with Crippen molar-refractivity contribution in [2.45, 2.75) is 11.8 Å². The molecule has 0 aliphatic rings. The molecule has 0 unspecified atom stereocenters. The minimum atomic E-state index is -3.79. The molecular formula is C27H22N4O4S2. The molecule has 0 radical (unpaired) electrons. The number of carbonyl (C=O) groups is 1. The van der Waals surface area contributed by atoms with Gasteiger partial charge in [-0.15, -0.1) is 11.3 Å². The third kappa shape index (κ3) is 5.02. The minimum Gasteiger partial charge on any atom is -0.497 e. The standard InChI is InChI=1S/C27H22N4O4S2/c1-17-24(22-5-3-4-6-23(22)30-25(17)18-7-11-20(35-2)12-8-18)26(32)29-19-9-13-21(14-10-19)37(33,34)31-27-28-15-16-36-27/h3-16H,1-2H3,(H,28,31)(H,29,32). The fourth-order valence-corrected chi connectivity index (χ4v) is 5.78. The van der Waals surface area contributed by atoms with E-state index in [1.807, 2.05) is 55.5 Å². The average molecular weight is 531 g/mol. The summed E-state index contributed by atoms with van der Waals surface area (Å²) in [7, 11) is -2.18. The van der Waals surface area contributed by atoms with Gasteiger partial charge in [-0.25, -0.2) is 18.4 Å². The summed E-state index contributed by atoms with van der Waals surface area (Å²) in [6, 6.07) is 21.0. The first-order valence-electron chi connectivity index (χ1n) is 11.2. The molecular weight excluding hydrogens is 508 g/mol. The second-order valence-corrected chi connectivity index (χ2v) is 10.7. The fraction of sp³-hybridized carbons (Fsp3) is 0.0741. The highest BCUT2D eigenvalue weighted by atomic mass is 32.2. The van der Waals surface area contributed by atoms with Crippen molar-refractivity contribution in [2.24, 2.45) is 0 Å². The molecule has 0 fully saturated rings. The van der Waals surface area contributed by atoms with Crippen LogP contribution in [0.1, 0.15) is 15.9 Å². The monoisotopic (exact) mass is 530 g/mol. The molecule has 0 saturated heterocycles. The highest BCUT2D eigenvalue weighted by Crippen LogP contribution is 2.31. The lowest BCUT2D eigenvalue weighted by Crippen LogP contribution is -2.16. The Morgan fingerprint density at radius 2 is 1.70 bits per heavy atom. The van der Waals surface area contributed by atoms with E-state index in [0.717, 1.165) is 22.3 Å². The van der Waals surface area contributed by atoms with Gasteiger partial charge >= 0.3 is 0 Å². The average Bonchev–Trinajstić information content (AvgIpc) is 3.41. The van der Waals surface area contributed by atoms with Gasteiger partial charge in [0.1, 0.15) is 5.75 Å². The summed E-state index contributed by atoms with van der Waals surface area (Å²) in [5, 5.41) is 5.59. The number of anilines is 2. The van der Waals surface area contributed by atoms with Crippen molar-refractivity contribution in [3.05, 3.63) is 95.5 Å². The molecule has 5 aromatic rings. The Balaban J connectivity index is 1.46. The molecule has 2 aromatic heterocycles. The van der Waals surface area contributed by atoms with E-state index in [2.05, 4.69) is 15.0 Å². The smallest absolute Gasteiger partial charge is 0.263 e. The SMILES string of the molecule is COc1ccc(-c2nc3ccccc3c(C(=O)Nc3ccc(S(=O)(=O)Nc4nccs4)cc3)c2C)cc1. The number of pyridine rings is 1. The molecule has 0 spiro atoms. The third-order valence-corrected chi connectivity index (χ3v) is 7.98. The summed E-state index contributed by atoms with van der Waals surface area (Å²) >= 11 is 1.19. The number of nitrogens with one attached hydrogen (secondary N) is 2. The Bertz CT molecular complexity index is 1680. The van der Waals surface area contributed by atoms with Crippen molar-refractivity contribution in [1.29, 1.82) is 0 Å². The number of sulfonamides is 1. The van der Waals surface area contributed by atoms with Gasteiger partial charge in [-0.2, -0.15) is 0 Å². The fourth-order valence-electron chi connectivity index (χ4n) is 3.99. The van der Waals surface area contributed by atoms with E-state index in [1.165, 1.54) is 29.7 Å². The lowest BCUT2D eigenvalue weighted by Gasteiger charge is -2.15. The van der Waals surface area contributed by atoms with E-state index >= 15 is 0 Å². The van der Waals surface area contributed by atoms with Gasteiger partial charge in [0.05, 0.1) is 28.8 Å². The summed E-state index contributed by atoms with van der Waals surface area (Å²) in [6.07, 6.45) is 1.52. The summed E-state index contributed by atoms with van der Waals surface area (Å²) in [4.78, 5) is 22.4. The Morgan fingerprint density at radius 1 is 0.973 bits per heavy atom. The number of para-hydroxylation sites is 1. The number of ether oxygens (including phenoxy) is 1. The van der Waals surface area contributed by atoms with Crippen molar-refractivity contribution < 1.29 is 17.9 Å². The van der Waals surface area contributed by atoms with E-state index < -0.39 is 10.0 Å². The van der Waals surface area contributed by atoms with Crippen molar-refractivity contribution in [1.82, 2.24) is 9.97 Å². The van der Waals surface area contributed by atoms with Gasteiger partial charge in [-0.1, -0.05) is 18.2 Å². The number of methoxy groups -OCH3 is 1. The van der Waals surface area contributed by atoms with Crippen molar-refractivity contribution in [3.63, 3.8) is 0 Å². The summed E-state index contributed by atoms with van der Waals surface area (Å²) in [5.74, 6) is 0.412. The van der Waals surface area contributed by atoms with Gasteiger partial charge in [0, 0.05) is 28.2 Å². The molecule has 37 heavy (non-hydrogen) atoms. The van der Waals surface area contributed by atoms with Gasteiger partial charge in [0.25, 0.3) is 15.9 Å². The van der Waals surface area contributed by atoms with Crippen LogP contribution >= 0.6 is 11.3 Å². The zero-order valence-electron chi connectivity index (χ0n) is 19.9. The van der Waals surface area contributed by atoms with Crippen LogP contribution in [-0.4, -0.2) is 31.4 Å². The first kappa shape index (κ1) is 24.4. The van der Waals surface area contributed by atoms with Crippen LogP contribution in [0.25, 0.3) is 22.2 Å². The van der Waals surface area contributed by atoms with Crippen LogP contribution in [0.4, 0.5) is 10.8 Å². The van der Waals surface area contributed by atoms with Crippen LogP contribution in [0.5, 0.6) is 5.75 Å². The molecule has 5 rings (SSSR count). The largest absolute Gasteiger partial charge is 0.497 e. The van der Waals surface area contributed by atoms with Gasteiger partial charge in [-0.05, 0) is 67.1 Å². The molecule has 186 valence electrons. The number of hydrogen-bond donors (Lipinski definition) is 2. The minimum absolute atomic E-state index is 0.0630. The van der Waals surface area contributed by atoms with Crippen LogP contribution in [-0.2, 0) is 10.0 Å². The van der Waals surface area contributed by atoms with Gasteiger partial charge in [0.2, 0.25) is 0 Å². The Hall–Kier alpha value is -4.28. The Labute approximate surface area is 218 Å². The molecule has 2 heterocycles. The van der Waals surface area contributed by atoms with Crippen molar-refractivity contribution in [3.8, 4) is 17.0 Å². The van der Waals surface area contributed by atoms with Gasteiger partial charge < -0.3 is 10.1 Å². The molecule has 2 N–H and O–H groups in total. The topological polar surface area (TPSA) is 110 Å². The molecule has 8 nitrogen and oxygen atoms in total. The molecule has 1 amide bonds. The number of amides is 1. The van der Waals surface area contributed by atoms with Crippen LogP contribution in [0.3, 0.4) is 0 Å². The molecule has 0 aliphatic carbocycles. The second kappa shape index (κ2) is 10.00. The first-order valence-corrected chi connectivity index (χ1v) is 13.6. The number of rotatable bonds is 7.